The van der Waals surface area contributed by atoms with Crippen LogP contribution in [0.25, 0.3) is 0 Å². The summed E-state index contributed by atoms with van der Waals surface area (Å²) in [6.07, 6.45) is 4.80. The smallest absolute Gasteiger partial charge is 0.243 e. The van der Waals surface area contributed by atoms with Crippen LogP contribution in [0, 0.1) is 11.8 Å². The summed E-state index contributed by atoms with van der Waals surface area (Å²) in [5.74, 6) is -0.250. The minimum absolute atomic E-state index is 0.0979. The van der Waals surface area contributed by atoms with Gasteiger partial charge in [0.25, 0.3) is 0 Å². The van der Waals surface area contributed by atoms with Gasteiger partial charge in [-0.25, -0.2) is 5.48 Å². The molecule has 0 saturated carbocycles. The lowest BCUT2D eigenvalue weighted by Crippen LogP contribution is -2.36. The number of hydroxylamine groups is 1. The first-order valence-corrected chi connectivity index (χ1v) is 6.70. The van der Waals surface area contributed by atoms with E-state index in [2.05, 4.69) is 5.48 Å². The minimum atomic E-state index is -0.435. The maximum atomic E-state index is 11.5. The Labute approximate surface area is 115 Å². The molecule has 0 fully saturated rings. The number of hydrogen-bond acceptors (Lipinski definition) is 3. The molecule has 0 heterocycles. The number of allylic oxidation sites excluding steroid dienone is 2. The third-order valence-electron chi connectivity index (χ3n) is 2.70. The fourth-order valence-electron chi connectivity index (χ4n) is 1.61. The molecular weight excluding hydrogens is 244 g/mol. The lowest BCUT2D eigenvalue weighted by Gasteiger charge is -2.22. The Morgan fingerprint density at radius 1 is 1.26 bits per heavy atom. The molecule has 19 heavy (non-hydrogen) atoms. The largest absolute Gasteiger partial charge is 0.370 e. The predicted octanol–water partition coefficient (Wildman–Crippen LogP) is 1.93. The van der Waals surface area contributed by atoms with Crippen molar-refractivity contribution in [1.29, 1.82) is 0 Å². The first kappa shape index (κ1) is 17.6. The lowest BCUT2D eigenvalue weighted by molar-refractivity contribution is -0.145. The van der Waals surface area contributed by atoms with Crippen molar-refractivity contribution in [2.75, 3.05) is 0 Å². The Hall–Kier alpha value is -1.36. The summed E-state index contributed by atoms with van der Waals surface area (Å²) in [5, 5.41) is 0. The normalized spacial score (nSPS) is 14.6. The van der Waals surface area contributed by atoms with Crippen molar-refractivity contribution in [3.8, 4) is 0 Å². The number of carbonyl (C=O) groups is 2. The zero-order valence-corrected chi connectivity index (χ0v) is 12.3. The predicted molar refractivity (Wildman–Crippen MR) is 74.9 cm³/mol. The number of primary amides is 1. The summed E-state index contributed by atoms with van der Waals surface area (Å²) in [7, 11) is 0. The van der Waals surface area contributed by atoms with E-state index in [1.165, 1.54) is 0 Å². The summed E-state index contributed by atoms with van der Waals surface area (Å²) < 4.78 is 0. The third kappa shape index (κ3) is 9.25. The molecule has 110 valence electrons. The van der Waals surface area contributed by atoms with Gasteiger partial charge in [0.15, 0.2) is 0 Å². The quantitative estimate of drug-likeness (QED) is 0.496. The monoisotopic (exact) mass is 270 g/mol. The van der Waals surface area contributed by atoms with Gasteiger partial charge in [0.1, 0.15) is 0 Å². The molecule has 0 aliphatic rings. The first-order valence-electron chi connectivity index (χ1n) is 6.70. The Morgan fingerprint density at radius 3 is 2.37 bits per heavy atom. The molecule has 0 aromatic heterocycles. The molecule has 0 bridgehead atoms. The van der Waals surface area contributed by atoms with Crippen molar-refractivity contribution >= 4 is 11.8 Å². The average molecular weight is 270 g/mol. The van der Waals surface area contributed by atoms with E-state index in [1.807, 2.05) is 39.8 Å². The number of hydrogen-bond donors (Lipinski definition) is 2. The average Bonchev–Trinajstić information content (AvgIpc) is 2.30. The zero-order chi connectivity index (χ0) is 14.8. The molecule has 5 nitrogen and oxygen atoms in total. The fraction of sp³-hybridized carbons (Fsp3) is 0.714. The van der Waals surface area contributed by atoms with Gasteiger partial charge in [-0.3, -0.25) is 14.4 Å². The number of amides is 2. The van der Waals surface area contributed by atoms with E-state index in [0.29, 0.717) is 6.42 Å². The van der Waals surface area contributed by atoms with E-state index >= 15 is 0 Å². The van der Waals surface area contributed by atoms with Crippen LogP contribution in [0.1, 0.15) is 47.0 Å². The van der Waals surface area contributed by atoms with E-state index < -0.39 is 12.0 Å². The number of nitrogens with two attached hydrogens (primary N) is 1. The molecular formula is C14H26N2O3. The van der Waals surface area contributed by atoms with Gasteiger partial charge < -0.3 is 5.73 Å². The van der Waals surface area contributed by atoms with Crippen molar-refractivity contribution in [2.45, 2.75) is 53.1 Å². The molecule has 3 N–H and O–H groups in total. The molecule has 0 aromatic carbocycles. The number of rotatable bonds is 9. The van der Waals surface area contributed by atoms with Crippen LogP contribution < -0.4 is 11.2 Å². The first-order chi connectivity index (χ1) is 8.86. The van der Waals surface area contributed by atoms with E-state index in [4.69, 9.17) is 10.6 Å². The van der Waals surface area contributed by atoms with Gasteiger partial charge in [0.05, 0.1) is 12.5 Å². The highest BCUT2D eigenvalue weighted by molar-refractivity contribution is 5.75. The van der Waals surface area contributed by atoms with Gasteiger partial charge in [-0.2, -0.15) is 0 Å². The Morgan fingerprint density at radius 2 is 1.89 bits per heavy atom. The van der Waals surface area contributed by atoms with Crippen LogP contribution in [0.2, 0.25) is 0 Å². The molecule has 0 spiro atoms. The lowest BCUT2D eigenvalue weighted by atomic mass is 9.98. The van der Waals surface area contributed by atoms with Crippen LogP contribution in [0.4, 0.5) is 0 Å². The Kier molecular flexibility index (Phi) is 8.87. The molecule has 0 aliphatic carbocycles. The van der Waals surface area contributed by atoms with Crippen molar-refractivity contribution in [3.63, 3.8) is 0 Å². The molecule has 2 amide bonds. The van der Waals surface area contributed by atoms with Crippen molar-refractivity contribution in [1.82, 2.24) is 5.48 Å². The summed E-state index contributed by atoms with van der Waals surface area (Å²) in [6, 6.07) is 0. The molecule has 0 unspecified atom stereocenters. The second kappa shape index (κ2) is 9.55. The summed E-state index contributed by atoms with van der Waals surface area (Å²) in [5.41, 5.74) is 7.60. The van der Waals surface area contributed by atoms with Crippen LogP contribution in [-0.4, -0.2) is 17.9 Å². The van der Waals surface area contributed by atoms with Crippen LogP contribution in [-0.2, 0) is 14.4 Å². The van der Waals surface area contributed by atoms with Crippen molar-refractivity contribution in [2.24, 2.45) is 17.6 Å². The molecule has 2 atom stereocenters. The number of nitrogens with one attached hydrogen (secondary N) is 1. The maximum absolute atomic E-state index is 11.5. The minimum Gasteiger partial charge on any atom is -0.370 e. The molecule has 0 aliphatic heterocycles. The highest BCUT2D eigenvalue weighted by Crippen LogP contribution is 2.15. The standard InChI is InChI=1S/C14H26N2O3/c1-5-6-7-11(4)12(9-13(15)17)19-16-14(18)8-10(2)3/h5-6,10-12H,7-9H2,1-4H3,(H2,15,17)(H,16,18)/b6-5+/t11-,12+/m1/s1. The molecule has 0 radical (unpaired) electrons. The second-order valence-electron chi connectivity index (χ2n) is 5.23. The molecule has 0 rings (SSSR count). The second-order valence-corrected chi connectivity index (χ2v) is 5.23. The SMILES string of the molecule is C/C=C/C[C@@H](C)[C@H](CC(N)=O)ONC(=O)CC(C)C. The van der Waals surface area contributed by atoms with Gasteiger partial charge in [0.2, 0.25) is 11.8 Å². The van der Waals surface area contributed by atoms with E-state index in [-0.39, 0.29) is 24.2 Å². The van der Waals surface area contributed by atoms with Gasteiger partial charge in [-0.1, -0.05) is 32.9 Å². The summed E-state index contributed by atoms with van der Waals surface area (Å²) in [6.45, 7) is 7.80. The van der Waals surface area contributed by atoms with E-state index in [0.717, 1.165) is 6.42 Å². The zero-order valence-electron chi connectivity index (χ0n) is 12.3. The van der Waals surface area contributed by atoms with Crippen LogP contribution in [0.15, 0.2) is 12.2 Å². The van der Waals surface area contributed by atoms with Gasteiger partial charge in [0, 0.05) is 6.42 Å². The highest BCUT2D eigenvalue weighted by atomic mass is 16.7. The van der Waals surface area contributed by atoms with E-state index in [9.17, 15) is 9.59 Å². The molecule has 5 heteroatoms. The van der Waals surface area contributed by atoms with Crippen LogP contribution in [0.3, 0.4) is 0 Å². The van der Waals surface area contributed by atoms with Gasteiger partial charge in [-0.05, 0) is 25.2 Å². The summed E-state index contributed by atoms with van der Waals surface area (Å²) in [4.78, 5) is 27.9. The Bertz CT molecular complexity index is 314. The Balaban J connectivity index is 4.34. The highest BCUT2D eigenvalue weighted by Gasteiger charge is 2.21. The molecule has 0 saturated heterocycles. The maximum Gasteiger partial charge on any atom is 0.243 e. The van der Waals surface area contributed by atoms with Gasteiger partial charge >= 0.3 is 0 Å². The number of carbonyl (C=O) groups excluding carboxylic acids is 2. The molecule has 0 aromatic rings. The third-order valence-corrected chi connectivity index (χ3v) is 2.70. The summed E-state index contributed by atoms with van der Waals surface area (Å²) >= 11 is 0. The van der Waals surface area contributed by atoms with Crippen LogP contribution >= 0.6 is 0 Å². The topological polar surface area (TPSA) is 81.4 Å². The fourth-order valence-corrected chi connectivity index (χ4v) is 1.61. The van der Waals surface area contributed by atoms with Gasteiger partial charge in [-0.15, -0.1) is 0 Å². The van der Waals surface area contributed by atoms with Crippen molar-refractivity contribution in [3.05, 3.63) is 12.2 Å². The van der Waals surface area contributed by atoms with Crippen molar-refractivity contribution < 1.29 is 14.4 Å². The van der Waals surface area contributed by atoms with Crippen LogP contribution in [0.5, 0.6) is 0 Å². The van der Waals surface area contributed by atoms with E-state index in [1.54, 1.807) is 0 Å².